The van der Waals surface area contributed by atoms with Crippen LogP contribution >= 0.6 is 12.4 Å². The molecule has 0 radical (unpaired) electrons. The zero-order valence-electron chi connectivity index (χ0n) is 7.25. The second-order valence-corrected chi connectivity index (χ2v) is 2.66. The molecule has 0 aliphatic heterocycles. The highest BCUT2D eigenvalue weighted by atomic mass is 35.5. The average Bonchev–Trinajstić information content (AvgIpc) is 2.13. The quantitative estimate of drug-likeness (QED) is 0.786. The van der Waals surface area contributed by atoms with Crippen LogP contribution in [0.3, 0.4) is 0 Å². The smallest absolute Gasteiger partial charge is 0.257 e. The Kier molecular flexibility index (Phi) is 4.83. The third-order valence-corrected chi connectivity index (χ3v) is 1.73. The van der Waals surface area contributed by atoms with Crippen LogP contribution in [0, 0.1) is 11.6 Å². The maximum Gasteiger partial charge on any atom is 0.257 e. The summed E-state index contributed by atoms with van der Waals surface area (Å²) in [4.78, 5) is 0. The molecule has 7 heteroatoms. The van der Waals surface area contributed by atoms with Gasteiger partial charge in [-0.05, 0) is 6.07 Å². The van der Waals surface area contributed by atoms with E-state index in [0.29, 0.717) is 6.07 Å². The number of rotatable bonds is 2. The summed E-state index contributed by atoms with van der Waals surface area (Å²) in [5, 5.41) is 8.97. The molecular weight excluding hydrogens is 238 g/mol. The number of phenols is 1. The van der Waals surface area contributed by atoms with E-state index < -0.39 is 35.4 Å². The molecule has 0 saturated carbocycles. The van der Waals surface area contributed by atoms with Crippen LogP contribution in [0.2, 0.25) is 0 Å². The first-order chi connectivity index (χ1) is 6.45. The molecule has 86 valence electrons. The van der Waals surface area contributed by atoms with Crippen molar-refractivity contribution in [1.29, 1.82) is 0 Å². The monoisotopic (exact) mass is 245 g/mol. The number of halogens is 5. The minimum Gasteiger partial charge on any atom is -0.505 e. The molecule has 0 aromatic heterocycles. The fourth-order valence-electron chi connectivity index (χ4n) is 0.960. The highest BCUT2D eigenvalue weighted by Crippen LogP contribution is 2.30. The Bertz CT molecular complexity index is 348. The molecule has 0 heterocycles. The second-order valence-electron chi connectivity index (χ2n) is 2.66. The number of benzene rings is 1. The summed E-state index contributed by atoms with van der Waals surface area (Å²) >= 11 is 0. The Morgan fingerprint density at radius 1 is 1.20 bits per heavy atom. The zero-order valence-corrected chi connectivity index (χ0v) is 8.07. The van der Waals surface area contributed by atoms with Crippen molar-refractivity contribution in [2.45, 2.75) is 12.5 Å². The van der Waals surface area contributed by atoms with Crippen LogP contribution in [0.5, 0.6) is 5.75 Å². The molecular formula is C8H8ClF4NO. The molecule has 1 atom stereocenters. The van der Waals surface area contributed by atoms with Gasteiger partial charge in [0.2, 0.25) is 5.82 Å². The molecule has 1 aromatic rings. The van der Waals surface area contributed by atoms with Crippen LogP contribution in [0.25, 0.3) is 0 Å². The summed E-state index contributed by atoms with van der Waals surface area (Å²) < 4.78 is 49.3. The van der Waals surface area contributed by atoms with Gasteiger partial charge >= 0.3 is 0 Å². The third kappa shape index (κ3) is 2.73. The number of phenolic OH excluding ortho intramolecular Hbond substituents is 1. The molecule has 0 bridgehead atoms. The lowest BCUT2D eigenvalue weighted by atomic mass is 10.1. The molecule has 0 unspecified atom stereocenters. The molecule has 0 spiro atoms. The molecule has 0 aliphatic rings. The second kappa shape index (κ2) is 5.18. The van der Waals surface area contributed by atoms with Crippen molar-refractivity contribution in [2.75, 3.05) is 0 Å². The van der Waals surface area contributed by atoms with Gasteiger partial charge in [-0.1, -0.05) is 6.07 Å². The lowest BCUT2D eigenvalue weighted by Crippen LogP contribution is -2.19. The van der Waals surface area contributed by atoms with E-state index in [1.54, 1.807) is 0 Å². The molecule has 15 heavy (non-hydrogen) atoms. The van der Waals surface area contributed by atoms with Crippen molar-refractivity contribution in [2.24, 2.45) is 5.73 Å². The van der Waals surface area contributed by atoms with Gasteiger partial charge in [0, 0.05) is 5.56 Å². The van der Waals surface area contributed by atoms with E-state index in [-0.39, 0.29) is 12.4 Å². The van der Waals surface area contributed by atoms with E-state index in [2.05, 4.69) is 0 Å². The van der Waals surface area contributed by atoms with Crippen LogP contribution in [-0.4, -0.2) is 11.5 Å². The molecule has 2 nitrogen and oxygen atoms in total. The lowest BCUT2D eigenvalue weighted by molar-refractivity contribution is 0.115. The van der Waals surface area contributed by atoms with Crippen LogP contribution in [0.15, 0.2) is 12.1 Å². The third-order valence-electron chi connectivity index (χ3n) is 1.73. The van der Waals surface area contributed by atoms with E-state index in [9.17, 15) is 17.6 Å². The van der Waals surface area contributed by atoms with Crippen LogP contribution < -0.4 is 5.73 Å². The fourth-order valence-corrected chi connectivity index (χ4v) is 0.960. The van der Waals surface area contributed by atoms with E-state index in [1.807, 2.05) is 0 Å². The van der Waals surface area contributed by atoms with Gasteiger partial charge < -0.3 is 10.8 Å². The van der Waals surface area contributed by atoms with Gasteiger partial charge in [0.05, 0.1) is 6.04 Å². The normalized spacial score (nSPS) is 12.4. The predicted molar refractivity (Wildman–Crippen MR) is 48.2 cm³/mol. The Hall–Kier alpha value is -1.01. The first-order valence-electron chi connectivity index (χ1n) is 3.65. The molecule has 0 amide bonds. The molecule has 0 fully saturated rings. The van der Waals surface area contributed by atoms with Crippen molar-refractivity contribution in [3.05, 3.63) is 29.3 Å². The van der Waals surface area contributed by atoms with Gasteiger partial charge in [-0.15, -0.1) is 12.4 Å². The van der Waals surface area contributed by atoms with E-state index in [1.165, 1.54) is 0 Å². The van der Waals surface area contributed by atoms with Gasteiger partial charge in [-0.2, -0.15) is 4.39 Å². The average molecular weight is 246 g/mol. The predicted octanol–water partition coefficient (Wildman–Crippen LogP) is 2.36. The molecule has 1 rings (SSSR count). The highest BCUT2D eigenvalue weighted by molar-refractivity contribution is 5.85. The summed E-state index contributed by atoms with van der Waals surface area (Å²) in [6, 6.07) is -0.373. The van der Waals surface area contributed by atoms with E-state index in [4.69, 9.17) is 10.8 Å². The first-order valence-corrected chi connectivity index (χ1v) is 3.65. The summed E-state index contributed by atoms with van der Waals surface area (Å²) in [5.41, 5.74) is 4.44. The van der Waals surface area contributed by atoms with Crippen LogP contribution in [-0.2, 0) is 0 Å². The number of alkyl halides is 2. The van der Waals surface area contributed by atoms with Crippen molar-refractivity contribution in [3.8, 4) is 5.75 Å². The minimum absolute atomic E-state index is 0. The fraction of sp³-hybridized carbons (Fsp3) is 0.250. The zero-order chi connectivity index (χ0) is 10.9. The molecule has 0 saturated heterocycles. The number of nitrogens with two attached hydrogens (primary N) is 1. The Labute approximate surface area is 89.1 Å². The van der Waals surface area contributed by atoms with Crippen molar-refractivity contribution in [1.82, 2.24) is 0 Å². The molecule has 3 N–H and O–H groups in total. The summed E-state index contributed by atoms with van der Waals surface area (Å²) in [6.45, 7) is 0. The number of hydrogen-bond acceptors (Lipinski definition) is 2. The van der Waals surface area contributed by atoms with E-state index >= 15 is 0 Å². The SMILES string of the molecule is Cl.N[C@H](c1ccc(F)c(F)c1O)C(F)F. The largest absolute Gasteiger partial charge is 0.505 e. The lowest BCUT2D eigenvalue weighted by Gasteiger charge is -2.12. The Balaban J connectivity index is 0.00000196. The van der Waals surface area contributed by atoms with Crippen LogP contribution in [0.4, 0.5) is 17.6 Å². The summed E-state index contributed by atoms with van der Waals surface area (Å²) in [6.07, 6.45) is -2.95. The molecule has 0 aliphatic carbocycles. The van der Waals surface area contributed by atoms with Gasteiger partial charge in [-0.3, -0.25) is 0 Å². The van der Waals surface area contributed by atoms with Crippen molar-refractivity contribution < 1.29 is 22.7 Å². The standard InChI is InChI=1S/C8H7F4NO.ClH/c9-4-2-1-3(6(13)8(11)12)7(14)5(4)10;/h1-2,6,8,14H,13H2;1H/t6-;/m1./s1. The minimum atomic E-state index is -2.95. The van der Waals surface area contributed by atoms with Crippen LogP contribution in [0.1, 0.15) is 11.6 Å². The van der Waals surface area contributed by atoms with Crippen molar-refractivity contribution >= 4 is 12.4 Å². The topological polar surface area (TPSA) is 46.2 Å². The Morgan fingerprint density at radius 3 is 2.20 bits per heavy atom. The molecule has 1 aromatic carbocycles. The maximum atomic E-state index is 12.7. The number of hydrogen-bond donors (Lipinski definition) is 2. The van der Waals surface area contributed by atoms with Gasteiger partial charge in [-0.25, -0.2) is 13.2 Å². The Morgan fingerprint density at radius 2 is 1.73 bits per heavy atom. The maximum absolute atomic E-state index is 12.7. The van der Waals surface area contributed by atoms with Gasteiger partial charge in [0.1, 0.15) is 0 Å². The number of aromatic hydroxyl groups is 1. The van der Waals surface area contributed by atoms with Gasteiger partial charge in [0.15, 0.2) is 11.6 Å². The summed E-state index contributed by atoms with van der Waals surface area (Å²) in [5.74, 6) is -4.05. The van der Waals surface area contributed by atoms with Crippen molar-refractivity contribution in [3.63, 3.8) is 0 Å². The van der Waals surface area contributed by atoms with Gasteiger partial charge in [0.25, 0.3) is 6.43 Å². The van der Waals surface area contributed by atoms with E-state index in [0.717, 1.165) is 6.07 Å². The summed E-state index contributed by atoms with van der Waals surface area (Å²) in [7, 11) is 0. The first kappa shape index (κ1) is 14.0. The highest BCUT2D eigenvalue weighted by Gasteiger charge is 2.23.